The van der Waals surface area contributed by atoms with Crippen molar-refractivity contribution in [3.8, 4) is 34.4 Å². The molecule has 4 rings (SSSR count). The summed E-state index contributed by atoms with van der Waals surface area (Å²) in [6, 6.07) is 25.7. The van der Waals surface area contributed by atoms with Crippen LogP contribution in [0.4, 0.5) is 10.5 Å². The summed E-state index contributed by atoms with van der Waals surface area (Å²) in [4.78, 5) is 25.3. The lowest BCUT2D eigenvalue weighted by molar-refractivity contribution is 0.0515. The van der Waals surface area contributed by atoms with Crippen molar-refractivity contribution in [2.45, 2.75) is 33.3 Å². The summed E-state index contributed by atoms with van der Waals surface area (Å²) < 4.78 is 18.1. The number of rotatable bonds is 7. The summed E-state index contributed by atoms with van der Waals surface area (Å²) in [7, 11) is 0. The number of nitriles is 1. The molecule has 39 heavy (non-hydrogen) atoms. The lowest BCUT2D eigenvalue weighted by Crippen LogP contribution is -2.27. The van der Waals surface area contributed by atoms with E-state index in [2.05, 4.69) is 11.4 Å². The summed E-state index contributed by atoms with van der Waals surface area (Å²) in [6.45, 7) is 7.18. The molecule has 1 N–H and O–H groups in total. The highest BCUT2D eigenvalue weighted by Gasteiger charge is 2.25. The van der Waals surface area contributed by atoms with Gasteiger partial charge >= 0.3 is 12.1 Å². The molecule has 1 heterocycles. The van der Waals surface area contributed by atoms with E-state index in [-0.39, 0.29) is 17.9 Å². The van der Waals surface area contributed by atoms with Gasteiger partial charge in [-0.3, -0.25) is 5.32 Å². The van der Waals surface area contributed by atoms with Crippen LogP contribution in [-0.2, 0) is 9.47 Å². The number of amides is 1. The van der Waals surface area contributed by atoms with Crippen molar-refractivity contribution in [3.63, 3.8) is 0 Å². The Hall–Kier alpha value is -5.03. The standard InChI is InChI=1S/C31H29N3O5/c1-5-37-29(35)28-26(19-32)27(21-14-16-25(17-15-21)38-24-12-7-6-8-13-24)20-34(28)23-11-9-10-22(18-23)33-30(36)39-31(2,3)4/h6-18,20H,5H2,1-4H3,(H,33,36). The zero-order valence-electron chi connectivity index (χ0n) is 22.2. The first-order valence-corrected chi connectivity index (χ1v) is 12.4. The Balaban J connectivity index is 1.72. The topological polar surface area (TPSA) is 103 Å². The lowest BCUT2D eigenvalue weighted by Gasteiger charge is -2.20. The number of para-hydroxylation sites is 1. The first-order valence-electron chi connectivity index (χ1n) is 12.4. The van der Waals surface area contributed by atoms with Gasteiger partial charge in [0.2, 0.25) is 0 Å². The quantitative estimate of drug-likeness (QED) is 0.254. The van der Waals surface area contributed by atoms with Gasteiger partial charge in [0, 0.05) is 23.1 Å². The van der Waals surface area contributed by atoms with Gasteiger partial charge in [-0.1, -0.05) is 36.4 Å². The number of esters is 1. The molecule has 1 aromatic heterocycles. The number of hydrogen-bond acceptors (Lipinski definition) is 6. The molecule has 0 saturated carbocycles. The van der Waals surface area contributed by atoms with Crippen molar-refractivity contribution in [1.82, 2.24) is 4.57 Å². The number of aromatic nitrogens is 1. The fraction of sp³-hybridized carbons (Fsp3) is 0.194. The summed E-state index contributed by atoms with van der Waals surface area (Å²) in [5.41, 5.74) is 1.91. The van der Waals surface area contributed by atoms with Crippen molar-refractivity contribution in [2.75, 3.05) is 11.9 Å². The number of ether oxygens (including phenoxy) is 3. The third kappa shape index (κ3) is 6.65. The van der Waals surface area contributed by atoms with Crippen LogP contribution in [0.1, 0.15) is 43.7 Å². The molecular weight excluding hydrogens is 494 g/mol. The number of benzene rings is 3. The fourth-order valence-electron chi connectivity index (χ4n) is 3.92. The third-order valence-electron chi connectivity index (χ3n) is 5.50. The average Bonchev–Trinajstić information content (AvgIpc) is 3.29. The monoisotopic (exact) mass is 523 g/mol. The second-order valence-electron chi connectivity index (χ2n) is 9.59. The number of anilines is 1. The molecule has 8 nitrogen and oxygen atoms in total. The zero-order valence-corrected chi connectivity index (χ0v) is 22.2. The summed E-state index contributed by atoms with van der Waals surface area (Å²) >= 11 is 0. The van der Waals surface area contributed by atoms with E-state index in [9.17, 15) is 14.9 Å². The number of hydrogen-bond donors (Lipinski definition) is 1. The Labute approximate surface area is 227 Å². The average molecular weight is 524 g/mol. The van der Waals surface area contributed by atoms with Gasteiger partial charge in [-0.2, -0.15) is 5.26 Å². The largest absolute Gasteiger partial charge is 0.461 e. The molecule has 0 saturated heterocycles. The van der Waals surface area contributed by atoms with Gasteiger partial charge in [-0.25, -0.2) is 9.59 Å². The molecule has 1 amide bonds. The van der Waals surface area contributed by atoms with Crippen molar-refractivity contribution in [1.29, 1.82) is 5.26 Å². The van der Waals surface area contributed by atoms with Gasteiger partial charge < -0.3 is 18.8 Å². The molecule has 0 aliphatic heterocycles. The summed E-state index contributed by atoms with van der Waals surface area (Å²) in [5, 5.41) is 12.8. The Kier molecular flexibility index (Phi) is 8.01. The molecule has 3 aromatic carbocycles. The van der Waals surface area contributed by atoms with Crippen molar-refractivity contribution >= 4 is 17.7 Å². The maximum Gasteiger partial charge on any atom is 0.412 e. The summed E-state index contributed by atoms with van der Waals surface area (Å²) in [5.74, 6) is 0.711. The molecule has 0 fully saturated rings. The third-order valence-corrected chi connectivity index (χ3v) is 5.50. The minimum Gasteiger partial charge on any atom is -0.461 e. The Morgan fingerprint density at radius 2 is 1.64 bits per heavy atom. The molecular formula is C31H29N3O5. The number of nitrogens with one attached hydrogen (secondary N) is 1. The number of carbonyl (C=O) groups excluding carboxylic acids is 2. The van der Waals surface area contributed by atoms with E-state index < -0.39 is 17.7 Å². The van der Waals surface area contributed by atoms with Crippen LogP contribution in [0.3, 0.4) is 0 Å². The highest BCUT2D eigenvalue weighted by Crippen LogP contribution is 2.33. The Morgan fingerprint density at radius 3 is 2.28 bits per heavy atom. The first-order chi connectivity index (χ1) is 18.7. The smallest absolute Gasteiger partial charge is 0.412 e. The minimum atomic E-state index is -0.655. The minimum absolute atomic E-state index is 0.0911. The van der Waals surface area contributed by atoms with Crippen LogP contribution < -0.4 is 10.1 Å². The van der Waals surface area contributed by atoms with Crippen molar-refractivity contribution in [3.05, 3.63) is 96.3 Å². The normalized spacial score (nSPS) is 10.8. The maximum atomic E-state index is 13.0. The molecule has 8 heteroatoms. The first kappa shape index (κ1) is 27.0. The highest BCUT2D eigenvalue weighted by molar-refractivity contribution is 5.95. The predicted octanol–water partition coefficient (Wildman–Crippen LogP) is 7.33. The number of nitrogens with zero attached hydrogens (tertiary/aromatic N) is 2. The second kappa shape index (κ2) is 11.6. The van der Waals surface area contributed by atoms with Crippen LogP contribution in [0.5, 0.6) is 11.5 Å². The van der Waals surface area contributed by atoms with E-state index in [0.29, 0.717) is 28.4 Å². The van der Waals surface area contributed by atoms with E-state index >= 15 is 0 Å². The van der Waals surface area contributed by atoms with Gasteiger partial charge in [0.1, 0.15) is 23.2 Å². The van der Waals surface area contributed by atoms with E-state index in [4.69, 9.17) is 14.2 Å². The number of carbonyl (C=O) groups is 2. The molecule has 0 unspecified atom stereocenters. The van der Waals surface area contributed by atoms with Gasteiger partial charge in [0.15, 0.2) is 5.69 Å². The van der Waals surface area contributed by atoms with Gasteiger partial charge in [-0.05, 0) is 75.7 Å². The van der Waals surface area contributed by atoms with E-state index in [1.54, 1.807) is 74.9 Å². The summed E-state index contributed by atoms with van der Waals surface area (Å²) in [6.07, 6.45) is 1.11. The molecule has 0 spiro atoms. The Bertz CT molecular complexity index is 1510. The van der Waals surface area contributed by atoms with E-state index in [1.165, 1.54) is 0 Å². The maximum absolute atomic E-state index is 13.0. The molecule has 0 bridgehead atoms. The van der Waals surface area contributed by atoms with E-state index in [1.807, 2.05) is 42.5 Å². The van der Waals surface area contributed by atoms with Gasteiger partial charge in [0.25, 0.3) is 0 Å². The SMILES string of the molecule is CCOC(=O)c1c(C#N)c(-c2ccc(Oc3ccccc3)cc2)cn1-c1cccc(NC(=O)OC(C)(C)C)c1. The zero-order chi connectivity index (χ0) is 28.0. The molecule has 198 valence electrons. The molecule has 0 aliphatic carbocycles. The molecule has 4 aromatic rings. The lowest BCUT2D eigenvalue weighted by atomic mass is 10.0. The van der Waals surface area contributed by atoms with Crippen LogP contribution in [0.2, 0.25) is 0 Å². The van der Waals surface area contributed by atoms with Gasteiger partial charge in [0.05, 0.1) is 12.2 Å². The van der Waals surface area contributed by atoms with Crippen LogP contribution >= 0.6 is 0 Å². The van der Waals surface area contributed by atoms with Crippen LogP contribution in [-0.4, -0.2) is 28.8 Å². The molecule has 0 radical (unpaired) electrons. The molecule has 0 aliphatic rings. The fourth-order valence-corrected chi connectivity index (χ4v) is 3.92. The van der Waals surface area contributed by atoms with Gasteiger partial charge in [-0.15, -0.1) is 0 Å². The Morgan fingerprint density at radius 1 is 0.949 bits per heavy atom. The van der Waals surface area contributed by atoms with Crippen LogP contribution in [0.15, 0.2) is 85.1 Å². The molecule has 0 atom stereocenters. The van der Waals surface area contributed by atoms with Crippen LogP contribution in [0, 0.1) is 11.3 Å². The van der Waals surface area contributed by atoms with E-state index in [0.717, 1.165) is 5.56 Å². The highest BCUT2D eigenvalue weighted by atomic mass is 16.6. The second-order valence-corrected chi connectivity index (χ2v) is 9.59. The van der Waals surface area contributed by atoms with Crippen molar-refractivity contribution in [2.24, 2.45) is 0 Å². The van der Waals surface area contributed by atoms with Crippen molar-refractivity contribution < 1.29 is 23.8 Å². The predicted molar refractivity (Wildman–Crippen MR) is 148 cm³/mol. The van der Waals surface area contributed by atoms with Crippen LogP contribution in [0.25, 0.3) is 16.8 Å².